The van der Waals surface area contributed by atoms with Crippen molar-refractivity contribution in [3.05, 3.63) is 28.1 Å². The van der Waals surface area contributed by atoms with E-state index in [1.165, 1.54) is 18.3 Å². The summed E-state index contributed by atoms with van der Waals surface area (Å²) in [6.45, 7) is 3.17. The summed E-state index contributed by atoms with van der Waals surface area (Å²) in [6.07, 6.45) is 0. The van der Waals surface area contributed by atoms with Crippen LogP contribution in [-0.4, -0.2) is 28.0 Å². The molecule has 0 aliphatic carbocycles. The molecule has 0 saturated carbocycles. The number of thiazole rings is 1. The number of amides is 1. The smallest absolute Gasteiger partial charge is 0.325 e. The largest absolute Gasteiger partial charge is 0.480 e. The number of carbonyl (C=O) groups excluding carboxylic acids is 1. The fourth-order valence-electron chi connectivity index (χ4n) is 1.44. The zero-order chi connectivity index (χ0) is 14.0. The van der Waals surface area contributed by atoms with Gasteiger partial charge >= 0.3 is 5.97 Å². The van der Waals surface area contributed by atoms with Gasteiger partial charge < -0.3 is 10.4 Å². The number of carbonyl (C=O) groups is 2. The first-order valence-electron chi connectivity index (χ1n) is 5.54. The van der Waals surface area contributed by atoms with Crippen molar-refractivity contribution in [1.82, 2.24) is 10.3 Å². The molecule has 1 atom stereocenters. The predicted molar refractivity (Wildman–Crippen MR) is 74.7 cm³/mol. The average Bonchev–Trinajstić information content (AvgIpc) is 2.96. The Balaban J connectivity index is 2.21. The fourth-order valence-corrected chi connectivity index (χ4v) is 3.20. The van der Waals surface area contributed by atoms with Gasteiger partial charge in [-0.05, 0) is 25.3 Å². The zero-order valence-corrected chi connectivity index (χ0v) is 12.0. The Hall–Kier alpha value is -1.73. The van der Waals surface area contributed by atoms with Gasteiger partial charge in [-0.3, -0.25) is 9.59 Å². The number of aliphatic carboxylic acids is 1. The predicted octanol–water partition coefficient (Wildman–Crippen LogP) is 2.38. The number of carboxylic acid groups (broad SMARTS) is 1. The highest BCUT2D eigenvalue weighted by atomic mass is 32.1. The minimum absolute atomic E-state index is 0.396. The molecule has 100 valence electrons. The van der Waals surface area contributed by atoms with Crippen molar-refractivity contribution in [2.24, 2.45) is 0 Å². The van der Waals surface area contributed by atoms with Gasteiger partial charge in [0.25, 0.3) is 5.91 Å². The summed E-state index contributed by atoms with van der Waals surface area (Å²) in [5, 5.41) is 13.9. The third-order valence-corrected chi connectivity index (χ3v) is 4.65. The number of hydrogen-bond acceptors (Lipinski definition) is 5. The summed E-state index contributed by atoms with van der Waals surface area (Å²) in [7, 11) is 0. The van der Waals surface area contributed by atoms with Gasteiger partial charge in [-0.15, -0.1) is 22.7 Å². The third-order valence-electron chi connectivity index (χ3n) is 2.45. The summed E-state index contributed by atoms with van der Waals surface area (Å²) in [5.41, 5.74) is 0.614. The number of aromatic nitrogens is 1. The number of hydrogen-bond donors (Lipinski definition) is 2. The lowest BCUT2D eigenvalue weighted by Crippen LogP contribution is -2.38. The number of nitrogens with zero attached hydrogens (tertiary/aromatic N) is 1. The molecule has 2 N–H and O–H groups in total. The zero-order valence-electron chi connectivity index (χ0n) is 10.3. The molecule has 0 aliphatic heterocycles. The lowest BCUT2D eigenvalue weighted by molar-refractivity contribution is -0.138. The maximum absolute atomic E-state index is 12.0. The minimum atomic E-state index is -1.06. The first-order chi connectivity index (χ1) is 8.99. The van der Waals surface area contributed by atoms with Gasteiger partial charge in [-0.1, -0.05) is 6.07 Å². The first kappa shape index (κ1) is 13.7. The van der Waals surface area contributed by atoms with Crippen LogP contribution in [0.5, 0.6) is 0 Å². The monoisotopic (exact) mass is 296 g/mol. The number of aryl methyl sites for hydroxylation is 1. The lowest BCUT2D eigenvalue weighted by Gasteiger charge is -2.07. The van der Waals surface area contributed by atoms with Crippen LogP contribution in [0.4, 0.5) is 0 Å². The topological polar surface area (TPSA) is 79.3 Å². The molecule has 0 unspecified atom stereocenters. The molecule has 0 saturated heterocycles. The molecule has 0 aliphatic rings. The summed E-state index contributed by atoms with van der Waals surface area (Å²) in [4.78, 5) is 28.5. The van der Waals surface area contributed by atoms with Gasteiger partial charge in [0.05, 0.1) is 10.6 Å². The fraction of sp³-hybridized carbons (Fsp3) is 0.250. The van der Waals surface area contributed by atoms with E-state index in [2.05, 4.69) is 10.3 Å². The molecule has 0 radical (unpaired) electrons. The van der Waals surface area contributed by atoms with Crippen molar-refractivity contribution in [3.8, 4) is 9.88 Å². The Morgan fingerprint density at radius 3 is 2.79 bits per heavy atom. The SMILES string of the molecule is Cc1nc(-c2cccs2)sc1C(=O)N[C@@H](C)C(=O)O. The molecule has 2 heterocycles. The van der Waals surface area contributed by atoms with Gasteiger partial charge in [0, 0.05) is 0 Å². The van der Waals surface area contributed by atoms with Crippen molar-refractivity contribution >= 4 is 34.6 Å². The van der Waals surface area contributed by atoms with Gasteiger partial charge in [-0.25, -0.2) is 4.98 Å². The van der Waals surface area contributed by atoms with Crippen molar-refractivity contribution in [2.75, 3.05) is 0 Å². The highest BCUT2D eigenvalue weighted by Gasteiger charge is 2.20. The molecule has 5 nitrogen and oxygen atoms in total. The molecule has 0 fully saturated rings. The molecule has 2 aromatic rings. The molecule has 1 amide bonds. The Labute approximate surface area is 117 Å². The van der Waals surface area contributed by atoms with Crippen LogP contribution in [0.2, 0.25) is 0 Å². The molecule has 2 aromatic heterocycles. The second-order valence-corrected chi connectivity index (χ2v) is 5.89. The van der Waals surface area contributed by atoms with Gasteiger partial charge in [-0.2, -0.15) is 0 Å². The Morgan fingerprint density at radius 2 is 2.21 bits per heavy atom. The van der Waals surface area contributed by atoms with E-state index in [4.69, 9.17) is 5.11 Å². The molecular formula is C12H12N2O3S2. The van der Waals surface area contributed by atoms with Crippen LogP contribution in [0.3, 0.4) is 0 Å². The second kappa shape index (κ2) is 5.50. The molecule has 0 spiro atoms. The maximum atomic E-state index is 12.0. The number of nitrogens with one attached hydrogen (secondary N) is 1. The summed E-state index contributed by atoms with van der Waals surface area (Å²) in [5.74, 6) is -1.46. The number of carboxylic acids is 1. The van der Waals surface area contributed by atoms with Gasteiger partial charge in [0.2, 0.25) is 0 Å². The van der Waals surface area contributed by atoms with Crippen LogP contribution in [0.25, 0.3) is 9.88 Å². The van der Waals surface area contributed by atoms with Crippen molar-refractivity contribution < 1.29 is 14.7 Å². The van der Waals surface area contributed by atoms with E-state index in [-0.39, 0.29) is 0 Å². The summed E-state index contributed by atoms with van der Waals surface area (Å²) in [6, 6.07) is 2.94. The standard InChI is InChI=1S/C12H12N2O3S2/c1-6-9(10(15)13-7(2)12(16)17)19-11(14-6)8-4-3-5-18-8/h3-5,7H,1-2H3,(H,13,15)(H,16,17)/t7-/m0/s1. The Bertz CT molecular complexity index is 605. The molecular weight excluding hydrogens is 284 g/mol. The third kappa shape index (κ3) is 2.99. The van der Waals surface area contributed by atoms with E-state index in [0.29, 0.717) is 10.6 Å². The Kier molecular flexibility index (Phi) is 3.96. The number of thiophene rings is 1. The van der Waals surface area contributed by atoms with Crippen LogP contribution >= 0.6 is 22.7 Å². The highest BCUT2D eigenvalue weighted by Crippen LogP contribution is 2.30. The lowest BCUT2D eigenvalue weighted by atomic mass is 10.3. The average molecular weight is 296 g/mol. The van der Waals surface area contributed by atoms with Crippen LogP contribution < -0.4 is 5.32 Å². The van der Waals surface area contributed by atoms with E-state index in [0.717, 1.165) is 9.88 Å². The molecule has 0 bridgehead atoms. The van der Waals surface area contributed by atoms with Crippen LogP contribution in [0, 0.1) is 6.92 Å². The van der Waals surface area contributed by atoms with Crippen LogP contribution in [-0.2, 0) is 4.79 Å². The van der Waals surface area contributed by atoms with Gasteiger partial charge in [0.1, 0.15) is 15.9 Å². The molecule has 2 rings (SSSR count). The quantitative estimate of drug-likeness (QED) is 0.908. The summed E-state index contributed by atoms with van der Waals surface area (Å²) < 4.78 is 0. The Morgan fingerprint density at radius 1 is 1.47 bits per heavy atom. The number of rotatable bonds is 4. The van der Waals surface area contributed by atoms with E-state index in [1.807, 2.05) is 17.5 Å². The normalized spacial score (nSPS) is 12.1. The minimum Gasteiger partial charge on any atom is -0.480 e. The van der Waals surface area contributed by atoms with Gasteiger partial charge in [0.15, 0.2) is 0 Å². The van der Waals surface area contributed by atoms with E-state index in [1.54, 1.807) is 18.3 Å². The van der Waals surface area contributed by atoms with Crippen molar-refractivity contribution in [1.29, 1.82) is 0 Å². The molecule has 19 heavy (non-hydrogen) atoms. The van der Waals surface area contributed by atoms with E-state index < -0.39 is 17.9 Å². The van der Waals surface area contributed by atoms with Crippen LogP contribution in [0.1, 0.15) is 22.3 Å². The maximum Gasteiger partial charge on any atom is 0.325 e. The van der Waals surface area contributed by atoms with E-state index in [9.17, 15) is 9.59 Å². The van der Waals surface area contributed by atoms with Crippen molar-refractivity contribution in [3.63, 3.8) is 0 Å². The van der Waals surface area contributed by atoms with Crippen LogP contribution in [0.15, 0.2) is 17.5 Å². The van der Waals surface area contributed by atoms with Crippen molar-refractivity contribution in [2.45, 2.75) is 19.9 Å². The second-order valence-electron chi connectivity index (χ2n) is 3.94. The first-order valence-corrected chi connectivity index (χ1v) is 7.23. The molecule has 7 heteroatoms. The van der Waals surface area contributed by atoms with E-state index >= 15 is 0 Å². The summed E-state index contributed by atoms with van der Waals surface area (Å²) >= 11 is 2.82. The molecule has 0 aromatic carbocycles. The highest BCUT2D eigenvalue weighted by molar-refractivity contribution is 7.22.